The van der Waals surface area contributed by atoms with Gasteiger partial charge in [0, 0.05) is 38.2 Å². The lowest BCUT2D eigenvalue weighted by molar-refractivity contribution is -0.133. The average molecular weight is 589 g/mol. The van der Waals surface area contributed by atoms with E-state index in [0.717, 1.165) is 35.5 Å². The van der Waals surface area contributed by atoms with E-state index < -0.39 is 0 Å². The van der Waals surface area contributed by atoms with Crippen LogP contribution in [0.15, 0.2) is 71.8 Å². The Balaban J connectivity index is 1.46. The highest BCUT2D eigenvalue weighted by Gasteiger charge is 2.36. The minimum Gasteiger partial charge on any atom is -0.496 e. The van der Waals surface area contributed by atoms with Crippen molar-refractivity contribution in [3.8, 4) is 5.75 Å². The van der Waals surface area contributed by atoms with Crippen LogP contribution in [-0.4, -0.2) is 85.4 Å². The molecule has 2 aliphatic rings. The van der Waals surface area contributed by atoms with Crippen molar-refractivity contribution in [2.45, 2.75) is 26.3 Å². The number of carbonyl (C=O) groups is 2. The van der Waals surface area contributed by atoms with Crippen LogP contribution in [0.2, 0.25) is 5.02 Å². The number of rotatable bonds is 9. The maximum Gasteiger partial charge on any atom is 0.262 e. The van der Waals surface area contributed by atoms with E-state index in [4.69, 9.17) is 26.2 Å². The third-order valence-electron chi connectivity index (χ3n) is 8.01. The molecule has 0 radical (unpaired) electrons. The van der Waals surface area contributed by atoms with Crippen molar-refractivity contribution < 1.29 is 19.1 Å². The summed E-state index contributed by atoms with van der Waals surface area (Å²) in [5.74, 6) is 0.133. The summed E-state index contributed by atoms with van der Waals surface area (Å²) in [7, 11) is 1.63. The first-order valence-corrected chi connectivity index (χ1v) is 14.7. The molecule has 0 unspecified atom stereocenters. The molecule has 2 heterocycles. The Bertz CT molecular complexity index is 1470. The van der Waals surface area contributed by atoms with Gasteiger partial charge in [0.1, 0.15) is 12.3 Å². The molecule has 5 rings (SSSR count). The monoisotopic (exact) mass is 588 g/mol. The third kappa shape index (κ3) is 6.67. The topological polar surface area (TPSA) is 74.7 Å². The van der Waals surface area contributed by atoms with Gasteiger partial charge in [0.15, 0.2) is 0 Å². The van der Waals surface area contributed by atoms with Gasteiger partial charge in [-0.2, -0.15) is 5.10 Å². The lowest BCUT2D eigenvalue weighted by Gasteiger charge is -2.31. The number of benzene rings is 3. The number of para-hydroxylation sites is 1. The summed E-state index contributed by atoms with van der Waals surface area (Å²) in [6, 6.07) is 20.5. The smallest absolute Gasteiger partial charge is 0.262 e. The maximum atomic E-state index is 14.1. The zero-order chi connectivity index (χ0) is 29.6. The number of morpholine rings is 1. The minimum atomic E-state index is -0.373. The molecular weight excluding hydrogens is 552 g/mol. The van der Waals surface area contributed by atoms with Gasteiger partial charge in [-0.25, -0.2) is 5.01 Å². The average Bonchev–Trinajstić information content (AvgIpc) is 3.46. The Morgan fingerprint density at radius 2 is 1.76 bits per heavy atom. The number of ether oxygens (including phenoxy) is 2. The Morgan fingerprint density at radius 3 is 2.50 bits per heavy atom. The van der Waals surface area contributed by atoms with E-state index in [-0.39, 0.29) is 24.4 Å². The lowest BCUT2D eigenvalue weighted by Crippen LogP contribution is -2.46. The number of aryl methyl sites for hydroxylation is 2. The second-order valence-electron chi connectivity index (χ2n) is 10.7. The second-order valence-corrected chi connectivity index (χ2v) is 11.1. The van der Waals surface area contributed by atoms with E-state index in [2.05, 4.69) is 30.9 Å². The molecule has 1 fully saturated rings. The van der Waals surface area contributed by atoms with Gasteiger partial charge in [0.05, 0.1) is 42.7 Å². The van der Waals surface area contributed by atoms with Crippen LogP contribution in [-0.2, 0) is 9.53 Å². The van der Waals surface area contributed by atoms with Gasteiger partial charge >= 0.3 is 0 Å². The van der Waals surface area contributed by atoms with Gasteiger partial charge in [-0.3, -0.25) is 14.5 Å². The SMILES string of the molecule is COc1ccccc1[C@H]1CC(c2ccc(C)c(C)c2)=NN1C(=O)CN(CCN1CCOCC1)C(=O)c1ccccc1Cl. The molecule has 9 heteroatoms. The molecule has 0 spiro atoms. The zero-order valence-corrected chi connectivity index (χ0v) is 25.1. The largest absolute Gasteiger partial charge is 0.496 e. The highest BCUT2D eigenvalue weighted by atomic mass is 35.5. The first-order valence-electron chi connectivity index (χ1n) is 14.3. The molecular formula is C33H37ClN4O4. The molecule has 8 nitrogen and oxygen atoms in total. The van der Waals surface area contributed by atoms with Crippen molar-refractivity contribution in [3.63, 3.8) is 0 Å². The fraction of sp³-hybridized carbons (Fsp3) is 0.364. The van der Waals surface area contributed by atoms with Crippen LogP contribution in [0.25, 0.3) is 0 Å². The number of nitrogens with zero attached hydrogens (tertiary/aromatic N) is 4. The molecule has 220 valence electrons. The number of amides is 2. The number of hydrazone groups is 1. The summed E-state index contributed by atoms with van der Waals surface area (Å²) in [5, 5.41) is 6.76. The van der Waals surface area contributed by atoms with Crippen LogP contribution in [0, 0.1) is 13.8 Å². The molecule has 42 heavy (non-hydrogen) atoms. The molecule has 3 aromatic rings. The maximum absolute atomic E-state index is 14.1. The Labute approximate surface area is 252 Å². The summed E-state index contributed by atoms with van der Waals surface area (Å²) in [5.41, 5.74) is 5.39. The lowest BCUT2D eigenvalue weighted by atomic mass is 9.96. The van der Waals surface area contributed by atoms with Gasteiger partial charge in [0.25, 0.3) is 11.8 Å². The van der Waals surface area contributed by atoms with Crippen LogP contribution >= 0.6 is 11.6 Å². The fourth-order valence-corrected chi connectivity index (χ4v) is 5.62. The van der Waals surface area contributed by atoms with Crippen molar-refractivity contribution in [2.24, 2.45) is 5.10 Å². The summed E-state index contributed by atoms with van der Waals surface area (Å²) >= 11 is 6.42. The van der Waals surface area contributed by atoms with Gasteiger partial charge in [0.2, 0.25) is 0 Å². The van der Waals surface area contributed by atoms with E-state index in [9.17, 15) is 9.59 Å². The van der Waals surface area contributed by atoms with E-state index >= 15 is 0 Å². The van der Waals surface area contributed by atoms with Gasteiger partial charge in [-0.05, 0) is 54.8 Å². The summed E-state index contributed by atoms with van der Waals surface area (Å²) in [4.78, 5) is 31.7. The first kappa shape index (κ1) is 29.8. The van der Waals surface area contributed by atoms with Crippen molar-refractivity contribution in [3.05, 3.63) is 99.6 Å². The Kier molecular flexibility index (Phi) is 9.57. The van der Waals surface area contributed by atoms with E-state index in [1.165, 1.54) is 10.6 Å². The summed E-state index contributed by atoms with van der Waals surface area (Å²) < 4.78 is 11.2. The molecule has 2 amide bonds. The normalized spacial score (nSPS) is 17.2. The number of methoxy groups -OCH3 is 1. The van der Waals surface area contributed by atoms with Crippen molar-refractivity contribution in [2.75, 3.05) is 53.0 Å². The van der Waals surface area contributed by atoms with E-state index in [1.807, 2.05) is 30.3 Å². The van der Waals surface area contributed by atoms with Gasteiger partial charge in [-0.15, -0.1) is 0 Å². The summed E-state index contributed by atoms with van der Waals surface area (Å²) in [6.45, 7) is 7.89. The highest BCUT2D eigenvalue weighted by Crippen LogP contribution is 2.37. The van der Waals surface area contributed by atoms with Crippen LogP contribution in [0.1, 0.15) is 45.1 Å². The first-order chi connectivity index (χ1) is 20.4. The molecule has 2 aliphatic heterocycles. The predicted octanol–water partition coefficient (Wildman–Crippen LogP) is 5.12. The van der Waals surface area contributed by atoms with Crippen LogP contribution < -0.4 is 4.74 Å². The standard InChI is InChI=1S/C33H37ClN4O4/c1-23-12-13-25(20-24(23)2)29-21-30(27-9-5-7-11-31(27)41-3)38(35-29)32(39)22-37(15-14-36-16-18-42-19-17-36)33(40)26-8-4-6-10-28(26)34/h4-13,20,30H,14-19,21-22H2,1-3H3/t30-/m1/s1. The highest BCUT2D eigenvalue weighted by molar-refractivity contribution is 6.33. The number of halogens is 1. The van der Waals surface area contributed by atoms with Crippen molar-refractivity contribution >= 4 is 29.1 Å². The molecule has 0 saturated carbocycles. The van der Waals surface area contributed by atoms with E-state index in [0.29, 0.717) is 49.1 Å². The third-order valence-corrected chi connectivity index (χ3v) is 8.34. The molecule has 0 bridgehead atoms. The molecule has 0 aliphatic carbocycles. The minimum absolute atomic E-state index is 0.135. The van der Waals surface area contributed by atoms with Crippen LogP contribution in [0.4, 0.5) is 0 Å². The number of carbonyl (C=O) groups excluding carboxylic acids is 2. The van der Waals surface area contributed by atoms with Gasteiger partial charge < -0.3 is 14.4 Å². The van der Waals surface area contributed by atoms with Crippen LogP contribution in [0.3, 0.4) is 0 Å². The van der Waals surface area contributed by atoms with Crippen molar-refractivity contribution in [1.82, 2.24) is 14.8 Å². The van der Waals surface area contributed by atoms with E-state index in [1.54, 1.807) is 36.3 Å². The zero-order valence-electron chi connectivity index (χ0n) is 24.4. The second kappa shape index (κ2) is 13.5. The Morgan fingerprint density at radius 1 is 1.02 bits per heavy atom. The summed E-state index contributed by atoms with van der Waals surface area (Å²) in [6.07, 6.45) is 0.529. The molecule has 1 saturated heterocycles. The molecule has 1 atom stereocenters. The van der Waals surface area contributed by atoms with Crippen LogP contribution in [0.5, 0.6) is 5.75 Å². The quantitative estimate of drug-likeness (QED) is 0.347. The Hall–Kier alpha value is -3.72. The van der Waals surface area contributed by atoms with Crippen molar-refractivity contribution in [1.29, 1.82) is 0 Å². The fourth-order valence-electron chi connectivity index (χ4n) is 5.40. The predicted molar refractivity (Wildman–Crippen MR) is 164 cm³/mol. The molecule has 0 N–H and O–H groups in total. The van der Waals surface area contributed by atoms with Gasteiger partial charge in [-0.1, -0.05) is 54.1 Å². The number of hydrogen-bond donors (Lipinski definition) is 0. The molecule has 3 aromatic carbocycles. The number of hydrogen-bond acceptors (Lipinski definition) is 6. The molecule has 0 aromatic heterocycles.